The largest absolute Gasteiger partial charge is 0.468 e. The summed E-state index contributed by atoms with van der Waals surface area (Å²) in [6, 6.07) is 5.54. The Morgan fingerprint density at radius 1 is 1.25 bits per heavy atom. The monoisotopic (exact) mass is 344 g/mol. The van der Waals surface area contributed by atoms with Crippen molar-refractivity contribution in [1.82, 2.24) is 5.32 Å². The first kappa shape index (κ1) is 19.8. The quantitative estimate of drug-likeness (QED) is 0.673. The van der Waals surface area contributed by atoms with Gasteiger partial charge in [0.1, 0.15) is 11.3 Å². The van der Waals surface area contributed by atoms with E-state index in [2.05, 4.69) is 15.4 Å². The lowest BCUT2D eigenvalue weighted by atomic mass is 9.96. The van der Waals surface area contributed by atoms with Crippen LogP contribution in [0.15, 0.2) is 24.3 Å². The minimum Gasteiger partial charge on any atom is -0.468 e. The average Bonchev–Trinajstić information content (AvgIpc) is 2.54. The minimum atomic E-state index is -2.90. The molecule has 0 heterocycles. The summed E-state index contributed by atoms with van der Waals surface area (Å²) >= 11 is 0. The zero-order valence-electron chi connectivity index (χ0n) is 13.9. The van der Waals surface area contributed by atoms with Gasteiger partial charge in [0.05, 0.1) is 13.7 Å². The second-order valence-electron chi connectivity index (χ2n) is 5.38. The van der Waals surface area contributed by atoms with Crippen LogP contribution in [0.1, 0.15) is 26.7 Å². The number of rotatable bonds is 9. The van der Waals surface area contributed by atoms with Crippen LogP contribution in [0.25, 0.3) is 0 Å². The number of methoxy groups -OCH3 is 1. The highest BCUT2D eigenvalue weighted by atomic mass is 19.3. The number of anilines is 1. The lowest BCUT2D eigenvalue weighted by Gasteiger charge is -2.27. The molecule has 0 aliphatic heterocycles. The van der Waals surface area contributed by atoms with Crippen molar-refractivity contribution in [3.63, 3.8) is 0 Å². The van der Waals surface area contributed by atoms with Gasteiger partial charge in [-0.25, -0.2) is 0 Å². The molecule has 1 aromatic carbocycles. The standard InChI is InChI=1S/C16H22F2N2O4/c1-4-9-16(2,14(22)23-3)19-10-13(21)20-11-5-7-12(8-6-11)24-15(17)18/h5-8,15,19H,4,9-10H2,1-3H3,(H,20,21). The summed E-state index contributed by atoms with van der Waals surface area (Å²) in [5, 5.41) is 5.49. The summed E-state index contributed by atoms with van der Waals surface area (Å²) in [5.41, 5.74) is -0.519. The first-order valence-electron chi connectivity index (χ1n) is 7.49. The van der Waals surface area contributed by atoms with Crippen LogP contribution in [0.3, 0.4) is 0 Å². The fourth-order valence-electron chi connectivity index (χ4n) is 2.19. The van der Waals surface area contributed by atoms with Crippen LogP contribution >= 0.6 is 0 Å². The van der Waals surface area contributed by atoms with Gasteiger partial charge in [-0.05, 0) is 37.6 Å². The summed E-state index contributed by atoms with van der Waals surface area (Å²) in [5.74, 6) is -0.809. The highest BCUT2D eigenvalue weighted by Gasteiger charge is 2.33. The fourth-order valence-corrected chi connectivity index (χ4v) is 2.19. The number of carbonyl (C=O) groups excluding carboxylic acids is 2. The molecule has 1 unspecified atom stereocenters. The lowest BCUT2D eigenvalue weighted by Crippen LogP contribution is -2.52. The van der Waals surface area contributed by atoms with Crippen LogP contribution in [0.5, 0.6) is 5.75 Å². The van der Waals surface area contributed by atoms with Crippen molar-refractivity contribution in [3.8, 4) is 5.75 Å². The summed E-state index contributed by atoms with van der Waals surface area (Å²) in [6.45, 7) is 0.600. The first-order valence-corrected chi connectivity index (χ1v) is 7.49. The number of ether oxygens (including phenoxy) is 2. The average molecular weight is 344 g/mol. The molecule has 1 aromatic rings. The number of esters is 1. The molecule has 0 aromatic heterocycles. The van der Waals surface area contributed by atoms with E-state index in [4.69, 9.17) is 4.74 Å². The van der Waals surface area contributed by atoms with E-state index < -0.39 is 18.1 Å². The SMILES string of the molecule is CCCC(C)(NCC(=O)Nc1ccc(OC(F)F)cc1)C(=O)OC. The molecular formula is C16H22F2N2O4. The molecule has 0 spiro atoms. The number of amides is 1. The zero-order chi connectivity index (χ0) is 18.2. The topological polar surface area (TPSA) is 76.7 Å². The number of benzene rings is 1. The van der Waals surface area contributed by atoms with Crippen molar-refractivity contribution < 1.29 is 27.8 Å². The van der Waals surface area contributed by atoms with Crippen LogP contribution in [-0.2, 0) is 14.3 Å². The number of halogens is 2. The van der Waals surface area contributed by atoms with E-state index >= 15 is 0 Å². The van der Waals surface area contributed by atoms with Gasteiger partial charge in [0, 0.05) is 5.69 Å². The van der Waals surface area contributed by atoms with Crippen LogP contribution in [0, 0.1) is 0 Å². The molecule has 0 radical (unpaired) electrons. The van der Waals surface area contributed by atoms with Crippen molar-refractivity contribution in [2.24, 2.45) is 0 Å². The Morgan fingerprint density at radius 2 is 1.88 bits per heavy atom. The van der Waals surface area contributed by atoms with E-state index in [9.17, 15) is 18.4 Å². The molecule has 24 heavy (non-hydrogen) atoms. The third-order valence-corrected chi connectivity index (χ3v) is 3.39. The number of alkyl halides is 2. The molecule has 0 aliphatic rings. The summed E-state index contributed by atoms with van der Waals surface area (Å²) in [6.07, 6.45) is 1.26. The second kappa shape index (κ2) is 9.17. The molecule has 0 saturated carbocycles. The molecule has 0 aliphatic carbocycles. The molecule has 134 valence electrons. The smallest absolute Gasteiger partial charge is 0.387 e. The summed E-state index contributed by atoms with van der Waals surface area (Å²) in [4.78, 5) is 23.8. The van der Waals surface area contributed by atoms with Gasteiger partial charge in [0.2, 0.25) is 5.91 Å². The number of hydrogen-bond acceptors (Lipinski definition) is 5. The van der Waals surface area contributed by atoms with E-state index in [1.54, 1.807) is 6.92 Å². The Kier molecular flexibility index (Phi) is 7.57. The van der Waals surface area contributed by atoms with Crippen LogP contribution < -0.4 is 15.4 Å². The van der Waals surface area contributed by atoms with Gasteiger partial charge < -0.3 is 14.8 Å². The maximum Gasteiger partial charge on any atom is 0.387 e. The molecule has 1 atom stereocenters. The molecule has 1 rings (SSSR count). The van der Waals surface area contributed by atoms with Crippen molar-refractivity contribution >= 4 is 17.6 Å². The van der Waals surface area contributed by atoms with Gasteiger partial charge >= 0.3 is 12.6 Å². The van der Waals surface area contributed by atoms with E-state index in [1.807, 2.05) is 6.92 Å². The Hall–Kier alpha value is -2.22. The predicted molar refractivity (Wildman–Crippen MR) is 85.0 cm³/mol. The minimum absolute atomic E-state index is 0.00216. The van der Waals surface area contributed by atoms with Gasteiger partial charge in [-0.1, -0.05) is 13.3 Å². The maximum atomic E-state index is 12.1. The highest BCUT2D eigenvalue weighted by molar-refractivity contribution is 5.93. The molecular weight excluding hydrogens is 322 g/mol. The third-order valence-electron chi connectivity index (χ3n) is 3.39. The van der Waals surface area contributed by atoms with Crippen LogP contribution in [0.4, 0.5) is 14.5 Å². The van der Waals surface area contributed by atoms with Gasteiger partial charge in [-0.3, -0.25) is 14.9 Å². The first-order chi connectivity index (χ1) is 11.3. The molecule has 1 amide bonds. The van der Waals surface area contributed by atoms with Crippen molar-refractivity contribution in [1.29, 1.82) is 0 Å². The number of nitrogens with one attached hydrogen (secondary N) is 2. The number of hydrogen-bond donors (Lipinski definition) is 2. The third kappa shape index (κ3) is 6.11. The summed E-state index contributed by atoms with van der Waals surface area (Å²) in [7, 11) is 1.29. The number of carbonyl (C=O) groups is 2. The van der Waals surface area contributed by atoms with E-state index in [0.29, 0.717) is 12.1 Å². The highest BCUT2D eigenvalue weighted by Crippen LogP contribution is 2.18. The molecule has 0 fully saturated rings. The zero-order valence-corrected chi connectivity index (χ0v) is 13.9. The Balaban J connectivity index is 2.57. The van der Waals surface area contributed by atoms with Gasteiger partial charge in [-0.2, -0.15) is 8.78 Å². The van der Waals surface area contributed by atoms with Crippen LogP contribution in [0.2, 0.25) is 0 Å². The van der Waals surface area contributed by atoms with Crippen LogP contribution in [-0.4, -0.2) is 37.7 Å². The van der Waals surface area contributed by atoms with E-state index in [0.717, 1.165) is 6.42 Å². The molecule has 2 N–H and O–H groups in total. The molecule has 0 saturated heterocycles. The second-order valence-corrected chi connectivity index (χ2v) is 5.38. The Labute approximate surface area is 139 Å². The molecule has 6 nitrogen and oxygen atoms in total. The van der Waals surface area contributed by atoms with Gasteiger partial charge in [-0.15, -0.1) is 0 Å². The van der Waals surface area contributed by atoms with Gasteiger partial charge in [0.25, 0.3) is 0 Å². The van der Waals surface area contributed by atoms with E-state index in [-0.39, 0.29) is 18.2 Å². The normalized spacial score (nSPS) is 13.2. The maximum absolute atomic E-state index is 12.1. The molecule has 0 bridgehead atoms. The van der Waals surface area contributed by atoms with E-state index in [1.165, 1.54) is 31.4 Å². The van der Waals surface area contributed by atoms with Crippen molar-refractivity contribution in [3.05, 3.63) is 24.3 Å². The van der Waals surface area contributed by atoms with Crippen molar-refractivity contribution in [2.45, 2.75) is 38.8 Å². The van der Waals surface area contributed by atoms with Crippen molar-refractivity contribution in [2.75, 3.05) is 19.0 Å². The summed E-state index contributed by atoms with van der Waals surface area (Å²) < 4.78 is 33.1. The Morgan fingerprint density at radius 3 is 2.38 bits per heavy atom. The predicted octanol–water partition coefficient (Wildman–Crippen LogP) is 2.55. The fraction of sp³-hybridized carbons (Fsp3) is 0.500. The lowest BCUT2D eigenvalue weighted by molar-refractivity contribution is -0.148. The molecule has 8 heteroatoms. The Bertz CT molecular complexity index is 552. The van der Waals surface area contributed by atoms with Gasteiger partial charge in [0.15, 0.2) is 0 Å².